The lowest BCUT2D eigenvalue weighted by Crippen LogP contribution is -2.46. The molecule has 0 aromatic rings. The number of hydrogen-bond donors (Lipinski definition) is 2. The Kier molecular flexibility index (Phi) is 3.86. The van der Waals surface area contributed by atoms with Gasteiger partial charge in [-0.3, -0.25) is 0 Å². The molecule has 15 heavy (non-hydrogen) atoms. The van der Waals surface area contributed by atoms with Gasteiger partial charge in [-0.1, -0.05) is 38.5 Å². The minimum Gasteiger partial charge on any atom is -0.410 e. The van der Waals surface area contributed by atoms with E-state index in [1.54, 1.807) is 0 Å². The Morgan fingerprint density at radius 1 is 0.600 bits per heavy atom. The second-order valence-electron chi connectivity index (χ2n) is 5.45. The fourth-order valence-electron chi connectivity index (χ4n) is 3.39. The van der Waals surface area contributed by atoms with Crippen molar-refractivity contribution in [2.24, 2.45) is 0 Å². The maximum atomic E-state index is 10.5. The van der Waals surface area contributed by atoms with E-state index in [9.17, 15) is 9.59 Å². The summed E-state index contributed by atoms with van der Waals surface area (Å²) in [6, 6.07) is 0. The molecular weight excluding hydrogens is 204 g/mol. The van der Waals surface area contributed by atoms with Gasteiger partial charge in [0.1, 0.15) is 0 Å². The third-order valence-corrected chi connectivity index (χ3v) is 7.97. The third-order valence-electron chi connectivity index (χ3n) is 4.41. The molecule has 2 aliphatic carbocycles. The zero-order valence-corrected chi connectivity index (χ0v) is 10.6. The summed E-state index contributed by atoms with van der Waals surface area (Å²) >= 11 is 0. The van der Waals surface area contributed by atoms with Crippen LogP contribution in [0.25, 0.3) is 0 Å². The van der Waals surface area contributed by atoms with Crippen molar-refractivity contribution in [1.82, 2.24) is 0 Å². The molecule has 2 fully saturated rings. The molecule has 2 aliphatic rings. The van der Waals surface area contributed by atoms with Gasteiger partial charge in [0.15, 0.2) is 0 Å². The van der Waals surface area contributed by atoms with E-state index in [0.717, 1.165) is 25.7 Å². The lowest BCUT2D eigenvalue weighted by atomic mass is 9.99. The van der Waals surface area contributed by atoms with E-state index in [1.165, 1.54) is 38.5 Å². The molecule has 0 unspecified atom stereocenters. The van der Waals surface area contributed by atoms with E-state index in [2.05, 4.69) is 0 Å². The molecule has 0 saturated heterocycles. The van der Waals surface area contributed by atoms with Gasteiger partial charge < -0.3 is 9.59 Å². The third kappa shape index (κ3) is 2.63. The zero-order chi connectivity index (χ0) is 10.7. The summed E-state index contributed by atoms with van der Waals surface area (Å²) in [7, 11) is -2.90. The Balaban J connectivity index is 1.96. The van der Waals surface area contributed by atoms with Gasteiger partial charge in [0.2, 0.25) is 0 Å². The molecule has 2 N–H and O–H groups in total. The van der Waals surface area contributed by atoms with E-state index in [-0.39, 0.29) is 11.1 Å². The fraction of sp³-hybridized carbons (Fsp3) is 1.00. The molecule has 0 aromatic carbocycles. The highest BCUT2D eigenvalue weighted by atomic mass is 28.4. The van der Waals surface area contributed by atoms with Crippen LogP contribution >= 0.6 is 0 Å². The topological polar surface area (TPSA) is 40.5 Å². The van der Waals surface area contributed by atoms with Crippen molar-refractivity contribution in [3.63, 3.8) is 0 Å². The monoisotopic (exact) mass is 228 g/mol. The molecule has 0 amide bonds. The summed E-state index contributed by atoms with van der Waals surface area (Å²) in [6.45, 7) is 0. The van der Waals surface area contributed by atoms with Gasteiger partial charge >= 0.3 is 8.56 Å². The van der Waals surface area contributed by atoms with E-state index >= 15 is 0 Å². The van der Waals surface area contributed by atoms with Crippen molar-refractivity contribution in [1.29, 1.82) is 0 Å². The molecular formula is C12H24O2Si. The lowest BCUT2D eigenvalue weighted by Gasteiger charge is -2.38. The van der Waals surface area contributed by atoms with E-state index in [4.69, 9.17) is 0 Å². The van der Waals surface area contributed by atoms with Crippen LogP contribution in [0.5, 0.6) is 0 Å². The second kappa shape index (κ2) is 4.98. The van der Waals surface area contributed by atoms with Crippen LogP contribution < -0.4 is 0 Å². The minimum atomic E-state index is -2.90. The van der Waals surface area contributed by atoms with Crippen molar-refractivity contribution >= 4 is 8.56 Å². The first kappa shape index (κ1) is 11.6. The van der Waals surface area contributed by atoms with Crippen LogP contribution in [0, 0.1) is 0 Å². The van der Waals surface area contributed by atoms with Crippen LogP contribution in [0.15, 0.2) is 0 Å². The van der Waals surface area contributed by atoms with Crippen LogP contribution in [-0.4, -0.2) is 18.2 Å². The van der Waals surface area contributed by atoms with Crippen molar-refractivity contribution in [2.75, 3.05) is 0 Å². The first-order valence-electron chi connectivity index (χ1n) is 6.66. The summed E-state index contributed by atoms with van der Waals surface area (Å²) in [5.74, 6) is 0. The minimum absolute atomic E-state index is 0.286. The van der Waals surface area contributed by atoms with Crippen molar-refractivity contribution in [2.45, 2.75) is 75.3 Å². The highest BCUT2D eigenvalue weighted by Crippen LogP contribution is 2.45. The molecule has 0 aromatic heterocycles. The molecule has 0 heterocycles. The smallest absolute Gasteiger partial charge is 0.339 e. The molecule has 0 radical (unpaired) electrons. The first-order chi connectivity index (χ1) is 7.21. The summed E-state index contributed by atoms with van der Waals surface area (Å²) in [5.41, 5.74) is 0.573. The number of rotatable bonds is 2. The average molecular weight is 228 g/mol. The summed E-state index contributed by atoms with van der Waals surface area (Å²) in [6.07, 6.45) is 11.8. The van der Waals surface area contributed by atoms with Crippen LogP contribution in [0.1, 0.15) is 64.2 Å². The average Bonchev–Trinajstić information content (AvgIpc) is 2.31. The molecule has 88 valence electrons. The molecule has 0 atom stereocenters. The predicted octanol–water partition coefficient (Wildman–Crippen LogP) is 3.08. The molecule has 2 saturated carbocycles. The largest absolute Gasteiger partial charge is 0.410 e. The Bertz CT molecular complexity index is 174. The van der Waals surface area contributed by atoms with E-state index in [1.807, 2.05) is 0 Å². The highest BCUT2D eigenvalue weighted by Gasteiger charge is 2.46. The van der Waals surface area contributed by atoms with Gasteiger partial charge in [0, 0.05) is 11.1 Å². The second-order valence-corrected chi connectivity index (χ2v) is 8.65. The predicted molar refractivity (Wildman–Crippen MR) is 63.9 cm³/mol. The van der Waals surface area contributed by atoms with Crippen LogP contribution in [0.3, 0.4) is 0 Å². The molecule has 2 nitrogen and oxygen atoms in total. The van der Waals surface area contributed by atoms with Gasteiger partial charge in [0.25, 0.3) is 0 Å². The van der Waals surface area contributed by atoms with Gasteiger partial charge in [-0.25, -0.2) is 0 Å². The quantitative estimate of drug-likeness (QED) is 0.713. The van der Waals surface area contributed by atoms with Crippen molar-refractivity contribution < 1.29 is 9.59 Å². The van der Waals surface area contributed by atoms with Crippen molar-refractivity contribution in [3.8, 4) is 0 Å². The maximum Gasteiger partial charge on any atom is 0.339 e. The van der Waals surface area contributed by atoms with Crippen LogP contribution in [-0.2, 0) is 0 Å². The highest BCUT2D eigenvalue weighted by molar-refractivity contribution is 6.67. The van der Waals surface area contributed by atoms with E-state index < -0.39 is 8.56 Å². The Hall–Kier alpha value is 0.137. The molecule has 3 heteroatoms. The maximum absolute atomic E-state index is 10.5. The molecule has 0 spiro atoms. The SMILES string of the molecule is O[Si](O)(C1CCCCC1)C1CCCCC1. The first-order valence-corrected chi connectivity index (χ1v) is 8.71. The summed E-state index contributed by atoms with van der Waals surface area (Å²) in [5, 5.41) is 0. The summed E-state index contributed by atoms with van der Waals surface area (Å²) in [4.78, 5) is 20.9. The zero-order valence-electron chi connectivity index (χ0n) is 9.62. The lowest BCUT2D eigenvalue weighted by molar-refractivity contribution is 0.273. The van der Waals surface area contributed by atoms with Crippen LogP contribution in [0.4, 0.5) is 0 Å². The molecule has 0 aliphatic heterocycles. The van der Waals surface area contributed by atoms with Gasteiger partial charge in [0.05, 0.1) is 0 Å². The Morgan fingerprint density at radius 3 is 1.27 bits per heavy atom. The van der Waals surface area contributed by atoms with Crippen LogP contribution in [0.2, 0.25) is 11.1 Å². The summed E-state index contributed by atoms with van der Waals surface area (Å²) < 4.78 is 0. The van der Waals surface area contributed by atoms with Crippen molar-refractivity contribution in [3.05, 3.63) is 0 Å². The fourth-order valence-corrected chi connectivity index (χ4v) is 6.57. The standard InChI is InChI=1S/C12H24O2Si/c13-15(14,11-7-3-1-4-8-11)12-9-5-2-6-10-12/h11-14H,1-10H2. The van der Waals surface area contributed by atoms with E-state index in [0.29, 0.717) is 0 Å². The van der Waals surface area contributed by atoms with Gasteiger partial charge in [-0.2, -0.15) is 0 Å². The molecule has 0 bridgehead atoms. The Morgan fingerprint density at radius 2 is 0.933 bits per heavy atom. The molecule has 2 rings (SSSR count). The Labute approximate surface area is 94.0 Å². The normalized spacial score (nSPS) is 26.8. The van der Waals surface area contributed by atoms with Gasteiger partial charge in [-0.05, 0) is 25.7 Å². The number of hydrogen-bond acceptors (Lipinski definition) is 2. The van der Waals surface area contributed by atoms with Gasteiger partial charge in [-0.15, -0.1) is 0 Å².